The Morgan fingerprint density at radius 2 is 1.92 bits per heavy atom. The quantitative estimate of drug-likeness (QED) is 0.265. The first kappa shape index (κ1) is 27.1. The van der Waals surface area contributed by atoms with E-state index in [-0.39, 0.29) is 36.1 Å². The molecule has 4 aliphatic carbocycles. The van der Waals surface area contributed by atoms with Crippen molar-refractivity contribution in [2.75, 3.05) is 25.5 Å². The van der Waals surface area contributed by atoms with E-state index in [4.69, 9.17) is 5.73 Å². The Bertz CT molecular complexity index is 1370. The van der Waals surface area contributed by atoms with Gasteiger partial charge in [0.25, 0.3) is 0 Å². The molecule has 1 aromatic carbocycles. The van der Waals surface area contributed by atoms with Gasteiger partial charge < -0.3 is 41.5 Å². The zero-order chi connectivity index (χ0) is 28.2. The van der Waals surface area contributed by atoms with Crippen LogP contribution in [0.3, 0.4) is 0 Å². The lowest BCUT2D eigenvalue weighted by Gasteiger charge is -2.46. The molecule has 10 heteroatoms. The molecule has 0 saturated heterocycles. The van der Waals surface area contributed by atoms with Crippen molar-refractivity contribution in [1.29, 1.82) is 0 Å². The highest BCUT2D eigenvalue weighted by Crippen LogP contribution is 2.52. The van der Waals surface area contributed by atoms with Crippen LogP contribution in [-0.2, 0) is 17.8 Å². The Kier molecular flexibility index (Phi) is 6.92. The zero-order valence-electron chi connectivity index (χ0n) is 22.1. The molecule has 0 fully saturated rings. The number of hydrogen-bond acceptors (Lipinski definition) is 10. The summed E-state index contributed by atoms with van der Waals surface area (Å²) >= 11 is 0. The van der Waals surface area contributed by atoms with Crippen molar-refractivity contribution in [2.45, 2.75) is 50.5 Å². The van der Waals surface area contributed by atoms with Crippen molar-refractivity contribution < 1.29 is 35.1 Å². The largest absolute Gasteiger partial charge is 0.512 e. The highest BCUT2D eigenvalue weighted by molar-refractivity contribution is 6.16. The smallest absolute Gasteiger partial charge is 0.205 e. The van der Waals surface area contributed by atoms with E-state index in [2.05, 4.69) is 17.5 Å². The van der Waals surface area contributed by atoms with Crippen LogP contribution in [0.4, 0.5) is 5.69 Å². The minimum absolute atomic E-state index is 0.0402. The normalized spacial score (nSPS) is 27.2. The van der Waals surface area contributed by atoms with Gasteiger partial charge in [0.05, 0.1) is 11.1 Å². The van der Waals surface area contributed by atoms with Gasteiger partial charge in [0.2, 0.25) is 5.78 Å². The summed E-state index contributed by atoms with van der Waals surface area (Å²) in [6.45, 7) is 0.932. The molecule has 0 radical (unpaired) electrons. The number of aliphatic hydroxyl groups is 4. The van der Waals surface area contributed by atoms with Gasteiger partial charge in [-0.1, -0.05) is 23.8 Å². The van der Waals surface area contributed by atoms with E-state index < -0.39 is 52.3 Å². The van der Waals surface area contributed by atoms with Crippen LogP contribution in [0.25, 0.3) is 0 Å². The van der Waals surface area contributed by atoms with E-state index in [1.54, 1.807) is 0 Å². The molecule has 0 aromatic heterocycles. The predicted molar refractivity (Wildman–Crippen MR) is 144 cm³/mol. The Balaban J connectivity index is 1.55. The van der Waals surface area contributed by atoms with E-state index in [0.717, 1.165) is 18.5 Å². The van der Waals surface area contributed by atoms with Gasteiger partial charge in [-0.25, -0.2) is 0 Å². The summed E-state index contributed by atoms with van der Waals surface area (Å²) in [5.41, 5.74) is 5.39. The molecule has 0 bridgehead atoms. The molecule has 0 aliphatic heterocycles. The third-order valence-corrected chi connectivity index (χ3v) is 8.46. The van der Waals surface area contributed by atoms with Crippen LogP contribution in [0.2, 0.25) is 0 Å². The molecule has 0 spiro atoms. The van der Waals surface area contributed by atoms with Crippen molar-refractivity contribution >= 4 is 17.3 Å². The average molecular weight is 538 g/mol. The van der Waals surface area contributed by atoms with Crippen LogP contribution in [0.15, 0.2) is 52.5 Å². The van der Waals surface area contributed by atoms with Crippen LogP contribution in [0.1, 0.15) is 47.2 Å². The highest BCUT2D eigenvalue weighted by atomic mass is 16.3. The summed E-state index contributed by atoms with van der Waals surface area (Å²) in [4.78, 5) is 29.0. The van der Waals surface area contributed by atoms with E-state index >= 15 is 0 Å². The van der Waals surface area contributed by atoms with Crippen molar-refractivity contribution in [3.63, 3.8) is 0 Å². The highest BCUT2D eigenvalue weighted by Gasteiger charge is 2.59. The molecule has 0 saturated carbocycles. The van der Waals surface area contributed by atoms with Crippen molar-refractivity contribution in [3.05, 3.63) is 69.2 Å². The van der Waals surface area contributed by atoms with Gasteiger partial charge in [-0.2, -0.15) is 0 Å². The fourth-order valence-corrected chi connectivity index (χ4v) is 6.49. The summed E-state index contributed by atoms with van der Waals surface area (Å²) in [7, 11) is 3.69. The first-order valence-electron chi connectivity index (χ1n) is 13.2. The Hall–Kier alpha value is -3.44. The number of nitrogens with one attached hydrogen (secondary N) is 1. The van der Waals surface area contributed by atoms with E-state index in [1.807, 2.05) is 31.1 Å². The maximum absolute atomic E-state index is 13.9. The average Bonchev–Trinajstić information content (AvgIpc) is 2.87. The fraction of sp³-hybridized carbons (Fsp3) is 0.448. The number of aromatic hydroxyl groups is 1. The molecule has 10 nitrogen and oxygen atoms in total. The molecule has 1 aromatic rings. The Morgan fingerprint density at radius 1 is 1.18 bits per heavy atom. The lowest BCUT2D eigenvalue weighted by Crippen LogP contribution is -2.57. The third-order valence-electron chi connectivity index (χ3n) is 8.46. The number of carbonyl (C=O) groups excluding carboxylic acids is 2. The summed E-state index contributed by atoms with van der Waals surface area (Å²) < 4.78 is 0. The van der Waals surface area contributed by atoms with Gasteiger partial charge in [-0.05, 0) is 43.2 Å². The first-order valence-corrected chi connectivity index (χ1v) is 13.2. The van der Waals surface area contributed by atoms with Crippen molar-refractivity contribution in [1.82, 2.24) is 5.32 Å². The number of allylic oxidation sites excluding steroid dienone is 5. The standard InChI is InChI=1S/C29H35N3O7/c1-32(2)19-10-16(13-31-12-14-6-4-3-5-7-14)24(34)22-18(19)9-15-8-17-11-20(33)23(28(30)38)27(37)29(17,39)26(36)21(15)25(22)35/h3-4,6,10,15,17,28,31,33-34,36,38-39H,5,7-9,11-13,30H2,1-2H3/t15-,17+,28?,29+/m1/s1. The van der Waals surface area contributed by atoms with Crippen molar-refractivity contribution in [3.8, 4) is 5.75 Å². The lowest BCUT2D eigenvalue weighted by molar-refractivity contribution is -0.144. The molecule has 1 unspecified atom stereocenters. The first-order chi connectivity index (χ1) is 18.5. The monoisotopic (exact) mass is 537 g/mol. The minimum Gasteiger partial charge on any atom is -0.512 e. The lowest BCUT2D eigenvalue weighted by atomic mass is 9.60. The Labute approximate surface area is 226 Å². The predicted octanol–water partition coefficient (Wildman–Crippen LogP) is 1.80. The molecule has 8 N–H and O–H groups in total. The topological polar surface area (TPSA) is 177 Å². The number of carbonyl (C=O) groups is 2. The van der Waals surface area contributed by atoms with Gasteiger partial charge in [-0.15, -0.1) is 0 Å². The third kappa shape index (κ3) is 4.28. The number of phenols is 1. The number of fused-ring (bicyclic) bond motifs is 3. The second-order valence-electron chi connectivity index (χ2n) is 11.1. The summed E-state index contributed by atoms with van der Waals surface area (Å²) in [6, 6.07) is 1.85. The zero-order valence-corrected chi connectivity index (χ0v) is 22.1. The van der Waals surface area contributed by atoms with E-state index in [9.17, 15) is 35.1 Å². The molecular formula is C29H35N3O7. The number of rotatable bonds is 6. The molecule has 4 atom stereocenters. The second kappa shape index (κ2) is 9.95. The number of phenolic OH excluding ortho intramolecular Hbond substituents is 1. The van der Waals surface area contributed by atoms with E-state index in [0.29, 0.717) is 24.2 Å². The molecule has 5 rings (SSSR count). The number of nitrogens with two attached hydrogens (primary N) is 1. The maximum Gasteiger partial charge on any atom is 0.205 e. The van der Waals surface area contributed by atoms with Gasteiger partial charge in [-0.3, -0.25) is 9.59 Å². The maximum atomic E-state index is 13.9. The summed E-state index contributed by atoms with van der Waals surface area (Å²) in [5, 5.41) is 57.6. The molecule has 0 heterocycles. The summed E-state index contributed by atoms with van der Waals surface area (Å²) in [5.74, 6) is -4.70. The van der Waals surface area contributed by atoms with Gasteiger partial charge in [0, 0.05) is 56.3 Å². The Morgan fingerprint density at radius 3 is 2.56 bits per heavy atom. The van der Waals surface area contributed by atoms with Crippen LogP contribution in [-0.4, -0.2) is 69.6 Å². The van der Waals surface area contributed by atoms with Crippen molar-refractivity contribution in [2.24, 2.45) is 17.6 Å². The molecule has 208 valence electrons. The number of aliphatic hydroxyl groups excluding tert-OH is 3. The number of anilines is 1. The number of Topliss-reactive ketones (excluding diaryl/α,β-unsaturated/α-hetero) is 2. The number of benzene rings is 1. The minimum atomic E-state index is -2.51. The second-order valence-corrected chi connectivity index (χ2v) is 11.1. The van der Waals surface area contributed by atoms with Crippen LogP contribution >= 0.6 is 0 Å². The number of ketones is 2. The number of hydrogen-bond donors (Lipinski definition) is 7. The number of nitrogens with zero attached hydrogens (tertiary/aromatic N) is 1. The van der Waals surface area contributed by atoms with Crippen LogP contribution in [0, 0.1) is 11.8 Å². The van der Waals surface area contributed by atoms with Crippen LogP contribution < -0.4 is 16.0 Å². The molecular weight excluding hydrogens is 502 g/mol. The van der Waals surface area contributed by atoms with Gasteiger partial charge in [0.1, 0.15) is 23.5 Å². The molecule has 0 amide bonds. The molecule has 4 aliphatic rings. The van der Waals surface area contributed by atoms with Crippen LogP contribution in [0.5, 0.6) is 5.75 Å². The molecule has 39 heavy (non-hydrogen) atoms. The van der Waals surface area contributed by atoms with Gasteiger partial charge in [0.15, 0.2) is 11.4 Å². The SMILES string of the molecule is CN(C)c1cc(CNCC2=CC=CCC2)c(O)c2c1C[C@H]1C[C@H]3CC(O)=C(C(N)O)C(=O)[C@@]3(O)C(O)=C1C2=O. The van der Waals surface area contributed by atoms with E-state index in [1.165, 1.54) is 5.57 Å². The fourth-order valence-electron chi connectivity index (χ4n) is 6.49. The summed E-state index contributed by atoms with van der Waals surface area (Å²) in [6.07, 6.45) is 6.48. The van der Waals surface area contributed by atoms with Gasteiger partial charge >= 0.3 is 0 Å².